The van der Waals surface area contributed by atoms with Gasteiger partial charge in [0.15, 0.2) is 0 Å². The lowest BCUT2D eigenvalue weighted by atomic mass is 9.52. The lowest BCUT2D eigenvalue weighted by Crippen LogP contribution is -2.46. The van der Waals surface area contributed by atoms with Crippen LogP contribution in [0, 0.1) is 36.5 Å². The van der Waals surface area contributed by atoms with Crippen molar-refractivity contribution in [3.63, 3.8) is 0 Å². The van der Waals surface area contributed by atoms with Gasteiger partial charge in [-0.25, -0.2) is 0 Å². The quantitative estimate of drug-likeness (QED) is 0.914. The molecule has 5 rings (SSSR count). The summed E-state index contributed by atoms with van der Waals surface area (Å²) in [5, 5.41) is 7.90. The number of hydrogen-bond acceptors (Lipinski definition) is 2. The van der Waals surface area contributed by atoms with E-state index in [0.717, 1.165) is 36.1 Å². The van der Waals surface area contributed by atoms with E-state index in [1.165, 1.54) is 43.5 Å². The van der Waals surface area contributed by atoms with Crippen LogP contribution in [0.3, 0.4) is 0 Å². The highest BCUT2D eigenvalue weighted by Crippen LogP contribution is 2.56. The predicted molar refractivity (Wildman–Crippen MR) is 80.3 cm³/mol. The van der Waals surface area contributed by atoms with Crippen molar-refractivity contribution in [3.8, 4) is 0 Å². The van der Waals surface area contributed by atoms with Gasteiger partial charge in [-0.05, 0) is 75.7 Å². The molecule has 3 heteroatoms. The summed E-state index contributed by atoms with van der Waals surface area (Å²) in [6.07, 6.45) is 9.67. The van der Waals surface area contributed by atoms with Crippen molar-refractivity contribution in [2.24, 2.45) is 29.6 Å². The molecule has 3 nitrogen and oxygen atoms in total. The van der Waals surface area contributed by atoms with E-state index in [0.29, 0.717) is 0 Å². The molecule has 4 aliphatic rings. The van der Waals surface area contributed by atoms with Crippen LogP contribution in [0.2, 0.25) is 0 Å². The topological polar surface area (TPSA) is 29.9 Å². The van der Waals surface area contributed by atoms with Gasteiger partial charge in [0.2, 0.25) is 0 Å². The SMILES string of the molecule is CNCc1cnn(CC2C3CC4CC(C3)CC2C4)c1C. The van der Waals surface area contributed by atoms with Gasteiger partial charge < -0.3 is 5.32 Å². The third-order valence-electron chi connectivity index (χ3n) is 6.38. The molecule has 1 aromatic rings. The molecule has 4 fully saturated rings. The maximum Gasteiger partial charge on any atom is 0.0537 e. The van der Waals surface area contributed by atoms with E-state index < -0.39 is 0 Å². The minimum absolute atomic E-state index is 0.906. The molecule has 1 aromatic heterocycles. The normalized spacial score (nSPS) is 38.6. The van der Waals surface area contributed by atoms with Gasteiger partial charge in [-0.15, -0.1) is 0 Å². The summed E-state index contributed by atoms with van der Waals surface area (Å²) in [6.45, 7) is 4.34. The number of nitrogens with zero attached hydrogens (tertiary/aromatic N) is 2. The van der Waals surface area contributed by atoms with Gasteiger partial charge >= 0.3 is 0 Å². The molecule has 20 heavy (non-hydrogen) atoms. The summed E-state index contributed by atoms with van der Waals surface area (Å²) in [5.74, 6) is 5.06. The molecule has 0 aliphatic heterocycles. The first-order chi connectivity index (χ1) is 9.74. The zero-order valence-electron chi connectivity index (χ0n) is 12.8. The molecular formula is C17H27N3. The van der Waals surface area contributed by atoms with Gasteiger partial charge in [-0.3, -0.25) is 4.68 Å². The van der Waals surface area contributed by atoms with Crippen LogP contribution >= 0.6 is 0 Å². The van der Waals surface area contributed by atoms with Crippen LogP contribution < -0.4 is 5.32 Å². The Kier molecular flexibility index (Phi) is 3.13. The Morgan fingerprint density at radius 3 is 2.40 bits per heavy atom. The fourth-order valence-corrected chi connectivity index (χ4v) is 5.57. The van der Waals surface area contributed by atoms with Gasteiger partial charge in [0.05, 0.1) is 6.20 Å². The average Bonchev–Trinajstić information content (AvgIpc) is 2.75. The molecule has 0 aromatic carbocycles. The van der Waals surface area contributed by atoms with Crippen LogP contribution in [0.25, 0.3) is 0 Å². The molecule has 4 saturated carbocycles. The smallest absolute Gasteiger partial charge is 0.0537 e. The standard InChI is InChI=1S/C17H27N3/c1-11-16(8-18-2)9-19-20(11)10-17-14-4-12-3-13(6-14)7-15(17)5-12/h9,12-15,17-18H,3-8,10H2,1-2H3. The van der Waals surface area contributed by atoms with Crippen LogP contribution in [-0.4, -0.2) is 16.8 Å². The Morgan fingerprint density at radius 1 is 1.15 bits per heavy atom. The monoisotopic (exact) mass is 273 g/mol. The van der Waals surface area contributed by atoms with E-state index in [2.05, 4.69) is 28.2 Å². The van der Waals surface area contributed by atoms with Crippen LogP contribution in [0.1, 0.15) is 43.4 Å². The molecule has 0 radical (unpaired) electrons. The van der Waals surface area contributed by atoms with Gasteiger partial charge in [0.25, 0.3) is 0 Å². The second-order valence-corrected chi connectivity index (χ2v) is 7.56. The fraction of sp³-hybridized carbons (Fsp3) is 0.824. The summed E-state index contributed by atoms with van der Waals surface area (Å²) in [7, 11) is 2.01. The predicted octanol–water partition coefficient (Wildman–Crippen LogP) is 2.98. The van der Waals surface area contributed by atoms with Crippen molar-refractivity contribution in [2.45, 2.75) is 52.1 Å². The second kappa shape index (κ2) is 4.87. The first-order valence-electron chi connectivity index (χ1n) is 8.40. The molecule has 0 saturated heterocycles. The molecule has 1 N–H and O–H groups in total. The van der Waals surface area contributed by atoms with Crippen molar-refractivity contribution in [2.75, 3.05) is 7.05 Å². The van der Waals surface area contributed by atoms with Crippen molar-refractivity contribution >= 4 is 0 Å². The van der Waals surface area contributed by atoms with Crippen molar-refractivity contribution < 1.29 is 0 Å². The number of hydrogen-bond donors (Lipinski definition) is 1. The Labute approximate surface area is 122 Å². The first kappa shape index (κ1) is 12.9. The van der Waals surface area contributed by atoms with E-state index in [4.69, 9.17) is 0 Å². The van der Waals surface area contributed by atoms with E-state index in [9.17, 15) is 0 Å². The zero-order valence-corrected chi connectivity index (χ0v) is 12.8. The molecule has 4 aliphatic carbocycles. The first-order valence-corrected chi connectivity index (χ1v) is 8.40. The maximum atomic E-state index is 4.66. The number of aromatic nitrogens is 2. The molecule has 0 unspecified atom stereocenters. The summed E-state index contributed by atoms with van der Waals surface area (Å²) in [4.78, 5) is 0. The Hall–Kier alpha value is -0.830. The highest BCUT2D eigenvalue weighted by molar-refractivity contribution is 5.16. The summed E-state index contributed by atoms with van der Waals surface area (Å²) >= 11 is 0. The average molecular weight is 273 g/mol. The lowest BCUT2D eigenvalue weighted by molar-refractivity contribution is -0.0444. The van der Waals surface area contributed by atoms with Gasteiger partial charge in [0.1, 0.15) is 0 Å². The summed E-state index contributed by atoms with van der Waals surface area (Å²) in [6, 6.07) is 0. The Morgan fingerprint density at radius 2 is 1.80 bits per heavy atom. The minimum atomic E-state index is 0.906. The maximum absolute atomic E-state index is 4.66. The Bertz CT molecular complexity index is 462. The van der Waals surface area contributed by atoms with Crippen LogP contribution in [0.15, 0.2) is 6.20 Å². The van der Waals surface area contributed by atoms with Gasteiger partial charge in [-0.1, -0.05) is 0 Å². The summed E-state index contributed by atoms with van der Waals surface area (Å²) < 4.78 is 2.29. The highest BCUT2D eigenvalue weighted by atomic mass is 15.3. The molecule has 1 heterocycles. The minimum Gasteiger partial charge on any atom is -0.316 e. The number of rotatable bonds is 4. The van der Waals surface area contributed by atoms with Gasteiger partial charge in [0, 0.05) is 24.3 Å². The van der Waals surface area contributed by atoms with Crippen LogP contribution in [0.4, 0.5) is 0 Å². The molecule has 110 valence electrons. The fourth-order valence-electron chi connectivity index (χ4n) is 5.57. The van der Waals surface area contributed by atoms with E-state index in [-0.39, 0.29) is 0 Å². The lowest BCUT2D eigenvalue weighted by Gasteiger charge is -2.54. The number of nitrogens with one attached hydrogen (secondary N) is 1. The molecule has 4 bridgehead atoms. The molecule has 0 spiro atoms. The highest BCUT2D eigenvalue weighted by Gasteiger charge is 2.48. The van der Waals surface area contributed by atoms with Crippen molar-refractivity contribution in [3.05, 3.63) is 17.5 Å². The molecular weight excluding hydrogens is 246 g/mol. The second-order valence-electron chi connectivity index (χ2n) is 7.56. The van der Waals surface area contributed by atoms with E-state index in [1.54, 1.807) is 6.42 Å². The van der Waals surface area contributed by atoms with Crippen molar-refractivity contribution in [1.82, 2.24) is 15.1 Å². The van der Waals surface area contributed by atoms with Crippen LogP contribution in [0.5, 0.6) is 0 Å². The van der Waals surface area contributed by atoms with E-state index in [1.807, 2.05) is 7.05 Å². The molecule has 0 atom stereocenters. The van der Waals surface area contributed by atoms with Gasteiger partial charge in [-0.2, -0.15) is 5.10 Å². The summed E-state index contributed by atoms with van der Waals surface area (Å²) in [5.41, 5.74) is 2.73. The Balaban J connectivity index is 1.52. The van der Waals surface area contributed by atoms with Crippen molar-refractivity contribution in [1.29, 1.82) is 0 Å². The third-order valence-corrected chi connectivity index (χ3v) is 6.38. The zero-order chi connectivity index (χ0) is 13.7. The van der Waals surface area contributed by atoms with E-state index >= 15 is 0 Å². The van der Waals surface area contributed by atoms with Crippen LogP contribution in [-0.2, 0) is 13.1 Å². The third kappa shape index (κ3) is 2.02. The molecule has 0 amide bonds. The largest absolute Gasteiger partial charge is 0.316 e.